The number of hydrogen-bond acceptors (Lipinski definition) is 8. The maximum Gasteiger partial charge on any atom is 0.387 e. The number of carbonyl (C=O) groups is 2. The van der Waals surface area contributed by atoms with E-state index in [1.54, 1.807) is 43.6 Å². The molecule has 52 heavy (non-hydrogen) atoms. The van der Waals surface area contributed by atoms with Gasteiger partial charge < -0.3 is 30.9 Å². The molecule has 0 bridgehead atoms. The molecule has 2 fully saturated rings. The summed E-state index contributed by atoms with van der Waals surface area (Å²) in [6, 6.07) is 14.1. The third-order valence-electron chi connectivity index (χ3n) is 9.60. The van der Waals surface area contributed by atoms with Crippen molar-refractivity contribution in [3.8, 4) is 28.1 Å². The Morgan fingerprint density at radius 2 is 1.83 bits per heavy atom. The number of nitrogens with one attached hydrogen (secondary N) is 4. The predicted molar refractivity (Wildman–Crippen MR) is 194 cm³/mol. The number of ether oxygens (including phenoxy) is 1. The van der Waals surface area contributed by atoms with E-state index in [1.165, 1.54) is 6.07 Å². The molecule has 2 aromatic heterocycles. The van der Waals surface area contributed by atoms with Gasteiger partial charge in [0.25, 0.3) is 0 Å². The Kier molecular flexibility index (Phi) is 11.9. The van der Waals surface area contributed by atoms with Crippen molar-refractivity contribution in [1.82, 2.24) is 30.8 Å². The lowest BCUT2D eigenvalue weighted by atomic mass is 9.97. The number of alkyl halides is 2. The van der Waals surface area contributed by atoms with Crippen molar-refractivity contribution < 1.29 is 27.5 Å². The number of benzene rings is 2. The molecule has 274 valence electrons. The van der Waals surface area contributed by atoms with Gasteiger partial charge in [0.2, 0.25) is 11.8 Å². The van der Waals surface area contributed by atoms with Crippen molar-refractivity contribution in [2.45, 2.75) is 71.3 Å². The second-order valence-corrected chi connectivity index (χ2v) is 13.4. The summed E-state index contributed by atoms with van der Waals surface area (Å²) in [5, 5.41) is 13.0. The molecular weight excluding hydrogens is 695 g/mol. The molecule has 6 rings (SSSR count). The molecule has 4 aromatic rings. The Labute approximate surface area is 305 Å². The zero-order chi connectivity index (χ0) is 36.8. The molecule has 2 aliphatic rings. The number of rotatable bonds is 13. The Morgan fingerprint density at radius 3 is 2.56 bits per heavy atom. The normalized spacial score (nSPS) is 16.3. The fourth-order valence-electron chi connectivity index (χ4n) is 6.67. The summed E-state index contributed by atoms with van der Waals surface area (Å²) in [6.07, 6.45) is 5.96. The van der Waals surface area contributed by atoms with Crippen LogP contribution >= 0.6 is 11.6 Å². The first-order valence-electron chi connectivity index (χ1n) is 17.3. The van der Waals surface area contributed by atoms with Gasteiger partial charge in [-0.05, 0) is 61.6 Å². The van der Waals surface area contributed by atoms with Crippen LogP contribution < -0.4 is 26.0 Å². The van der Waals surface area contributed by atoms with Crippen molar-refractivity contribution in [3.63, 3.8) is 0 Å². The smallest absolute Gasteiger partial charge is 0.387 e. The number of anilines is 2. The number of pyridine rings is 2. The molecule has 0 radical (unpaired) electrons. The molecule has 1 atom stereocenters. The molecule has 4 N–H and O–H groups in total. The van der Waals surface area contributed by atoms with Gasteiger partial charge in [-0.2, -0.15) is 8.78 Å². The average Bonchev–Trinajstić information content (AvgIpc) is 3.54. The summed E-state index contributed by atoms with van der Waals surface area (Å²) >= 11 is 6.98. The number of piperidine rings is 1. The first kappa shape index (κ1) is 37.1. The topological polar surface area (TPSA) is 121 Å². The van der Waals surface area contributed by atoms with Gasteiger partial charge in [-0.1, -0.05) is 35.9 Å². The van der Waals surface area contributed by atoms with E-state index in [4.69, 9.17) is 16.3 Å². The quantitative estimate of drug-likeness (QED) is 0.119. The first-order chi connectivity index (χ1) is 25.1. The number of carbonyl (C=O) groups excluding carboxylic acids is 2. The Bertz CT molecular complexity index is 1920. The van der Waals surface area contributed by atoms with Crippen LogP contribution in [-0.4, -0.2) is 65.0 Å². The lowest BCUT2D eigenvalue weighted by Crippen LogP contribution is -2.44. The van der Waals surface area contributed by atoms with E-state index < -0.39 is 12.4 Å². The monoisotopic (exact) mass is 735 g/mol. The second-order valence-electron chi connectivity index (χ2n) is 13.1. The largest absolute Gasteiger partial charge is 0.434 e. The number of nitrogens with zero attached hydrogens (tertiary/aromatic N) is 3. The van der Waals surface area contributed by atoms with Gasteiger partial charge in [-0.3, -0.25) is 14.6 Å². The molecule has 14 heteroatoms. The van der Waals surface area contributed by atoms with E-state index in [1.807, 2.05) is 30.0 Å². The minimum atomic E-state index is -3.04. The van der Waals surface area contributed by atoms with Gasteiger partial charge in [-0.15, -0.1) is 0 Å². The highest BCUT2D eigenvalue weighted by Crippen LogP contribution is 2.40. The van der Waals surface area contributed by atoms with Crippen molar-refractivity contribution in [2.24, 2.45) is 0 Å². The zero-order valence-electron chi connectivity index (χ0n) is 28.9. The lowest BCUT2D eigenvalue weighted by molar-refractivity contribution is -0.130. The van der Waals surface area contributed by atoms with Crippen molar-refractivity contribution in [2.75, 3.05) is 25.0 Å². The van der Waals surface area contributed by atoms with Crippen LogP contribution in [0.4, 0.5) is 24.7 Å². The number of halogens is 4. The van der Waals surface area contributed by atoms with E-state index in [0.29, 0.717) is 77.7 Å². The Morgan fingerprint density at radius 1 is 1.04 bits per heavy atom. The van der Waals surface area contributed by atoms with Crippen LogP contribution in [0.1, 0.15) is 49.3 Å². The van der Waals surface area contributed by atoms with Gasteiger partial charge in [0.05, 0.1) is 10.7 Å². The molecule has 2 aliphatic heterocycles. The van der Waals surface area contributed by atoms with Crippen LogP contribution in [-0.2, 0) is 22.7 Å². The summed E-state index contributed by atoms with van der Waals surface area (Å²) < 4.78 is 47.5. The molecule has 0 saturated carbocycles. The molecule has 2 aromatic carbocycles. The van der Waals surface area contributed by atoms with E-state index in [2.05, 4.69) is 31.2 Å². The van der Waals surface area contributed by atoms with Crippen molar-refractivity contribution in [1.29, 1.82) is 0 Å². The number of amides is 2. The summed E-state index contributed by atoms with van der Waals surface area (Å²) in [4.78, 5) is 33.7. The van der Waals surface area contributed by atoms with Gasteiger partial charge >= 0.3 is 6.61 Å². The molecule has 0 aliphatic carbocycles. The second kappa shape index (κ2) is 16.7. The summed E-state index contributed by atoms with van der Waals surface area (Å²) in [7, 11) is 0. The number of aromatic nitrogens is 2. The summed E-state index contributed by atoms with van der Waals surface area (Å²) in [6.45, 7) is 2.86. The minimum Gasteiger partial charge on any atom is -0.434 e. The van der Waals surface area contributed by atoms with Gasteiger partial charge in [-0.25, -0.2) is 9.37 Å². The predicted octanol–water partition coefficient (Wildman–Crippen LogP) is 6.73. The standard InChI is InChI=1S/C38H41ClF3N7O3/c1-22-29(4-3-5-31(22)48-37-35(40)26(10-14-45-37)20-46-27-12-16-49(17-13-27)23(2)50)30-11-15-44-36(34(30)39)24-6-7-25(32(18-24)52-38(41)42)19-43-21-28-8-9-33(51)47-28/h3-7,10-11,14-15,18,27-28,38,43,46H,8-9,12-13,16-17,19-21H2,1-2H3,(H,45,48)(H,47,51)/t28-/m1/s1. The van der Waals surface area contributed by atoms with Crippen LogP contribution in [0.2, 0.25) is 5.02 Å². The van der Waals surface area contributed by atoms with E-state index in [9.17, 15) is 18.4 Å². The van der Waals surface area contributed by atoms with E-state index in [-0.39, 0.29) is 42.0 Å². The lowest BCUT2D eigenvalue weighted by Gasteiger charge is -2.31. The SMILES string of the molecule is CC(=O)N1CCC(NCc2ccnc(Nc3cccc(-c4ccnc(-c5ccc(CNC[C@H]6CCC(=O)N6)c(OC(F)F)c5)c4Cl)c3C)c2F)CC1. The van der Waals surface area contributed by atoms with Crippen LogP contribution in [0.3, 0.4) is 0 Å². The molecule has 10 nitrogen and oxygen atoms in total. The number of likely N-dealkylation sites (tertiary alicyclic amines) is 1. The molecule has 0 unspecified atom stereocenters. The summed E-state index contributed by atoms with van der Waals surface area (Å²) in [5.41, 5.74) is 4.68. The Balaban J connectivity index is 1.18. The number of hydrogen-bond donors (Lipinski definition) is 4. The fourth-order valence-corrected chi connectivity index (χ4v) is 6.99. The van der Waals surface area contributed by atoms with Crippen molar-refractivity contribution in [3.05, 3.63) is 88.5 Å². The fraction of sp³-hybridized carbons (Fsp3) is 0.368. The highest BCUT2D eigenvalue weighted by atomic mass is 35.5. The van der Waals surface area contributed by atoms with E-state index in [0.717, 1.165) is 24.0 Å². The van der Waals surface area contributed by atoms with Gasteiger partial charge in [0, 0.05) is 98.5 Å². The summed E-state index contributed by atoms with van der Waals surface area (Å²) in [5.74, 6) is -0.313. The van der Waals surface area contributed by atoms with Crippen LogP contribution in [0, 0.1) is 12.7 Å². The zero-order valence-corrected chi connectivity index (χ0v) is 29.7. The van der Waals surface area contributed by atoms with E-state index >= 15 is 4.39 Å². The highest BCUT2D eigenvalue weighted by Gasteiger charge is 2.23. The first-order valence-corrected chi connectivity index (χ1v) is 17.7. The molecule has 2 saturated heterocycles. The van der Waals surface area contributed by atoms with Gasteiger partial charge in [0.1, 0.15) is 5.75 Å². The van der Waals surface area contributed by atoms with Crippen LogP contribution in [0.5, 0.6) is 5.75 Å². The maximum atomic E-state index is 15.7. The molecular formula is C38H41ClF3N7O3. The maximum absolute atomic E-state index is 15.7. The third-order valence-corrected chi connectivity index (χ3v) is 9.99. The van der Waals surface area contributed by atoms with Crippen molar-refractivity contribution >= 4 is 34.9 Å². The average molecular weight is 736 g/mol. The van der Waals surface area contributed by atoms with Gasteiger partial charge in [0.15, 0.2) is 11.6 Å². The van der Waals surface area contributed by atoms with Crippen LogP contribution in [0.15, 0.2) is 60.9 Å². The highest BCUT2D eigenvalue weighted by molar-refractivity contribution is 6.35. The molecule has 2 amide bonds. The van der Waals surface area contributed by atoms with Crippen LogP contribution in [0.25, 0.3) is 22.4 Å². The third kappa shape index (κ3) is 8.83. The molecule has 0 spiro atoms. The minimum absolute atomic E-state index is 0.00256. The Hall–Kier alpha value is -4.72. The molecule has 4 heterocycles.